The van der Waals surface area contributed by atoms with Crippen LogP contribution in [0.4, 0.5) is 0 Å². The van der Waals surface area contributed by atoms with Gasteiger partial charge in [0.05, 0.1) is 0 Å². The van der Waals surface area contributed by atoms with Gasteiger partial charge in [0.1, 0.15) is 5.75 Å². The van der Waals surface area contributed by atoms with E-state index in [2.05, 4.69) is 11.8 Å². The van der Waals surface area contributed by atoms with Gasteiger partial charge in [-0.05, 0) is 69.2 Å². The van der Waals surface area contributed by atoms with Crippen molar-refractivity contribution in [2.45, 2.75) is 39.0 Å². The van der Waals surface area contributed by atoms with Crippen LogP contribution in [0.5, 0.6) is 5.75 Å². The van der Waals surface area contributed by atoms with Crippen LogP contribution >= 0.6 is 0 Å². The van der Waals surface area contributed by atoms with Crippen LogP contribution in [0.1, 0.15) is 39.0 Å². The smallest absolute Gasteiger partial charge is 0.260 e. The molecule has 4 heteroatoms. The molecule has 4 nitrogen and oxygen atoms in total. The molecule has 2 fully saturated rings. The van der Waals surface area contributed by atoms with E-state index in [1.165, 1.54) is 38.9 Å². The molecule has 0 radical (unpaired) electrons. The number of carbonyl (C=O) groups is 1. The first-order valence-electron chi connectivity index (χ1n) is 9.88. The Labute approximate surface area is 152 Å². The zero-order valence-electron chi connectivity index (χ0n) is 15.5. The lowest BCUT2D eigenvalue weighted by atomic mass is 9.95. The number of piperidine rings is 1. The predicted molar refractivity (Wildman–Crippen MR) is 101 cm³/mol. The van der Waals surface area contributed by atoms with Crippen LogP contribution in [0.15, 0.2) is 30.3 Å². The number of hydrogen-bond donors (Lipinski definition) is 0. The van der Waals surface area contributed by atoms with Gasteiger partial charge in [-0.15, -0.1) is 0 Å². The van der Waals surface area contributed by atoms with Gasteiger partial charge in [0, 0.05) is 19.6 Å². The lowest BCUT2D eigenvalue weighted by Crippen LogP contribution is -2.37. The molecule has 1 atom stereocenters. The summed E-state index contributed by atoms with van der Waals surface area (Å²) in [6.07, 6.45) is 6.17. The van der Waals surface area contributed by atoms with E-state index in [0.717, 1.165) is 43.5 Å². The maximum atomic E-state index is 12.4. The number of ether oxygens (including phenoxy) is 1. The van der Waals surface area contributed by atoms with Crippen molar-refractivity contribution in [3.8, 4) is 5.75 Å². The van der Waals surface area contributed by atoms with Gasteiger partial charge in [-0.1, -0.05) is 25.1 Å². The number of benzene rings is 1. The third kappa shape index (κ3) is 5.74. The summed E-state index contributed by atoms with van der Waals surface area (Å²) < 4.78 is 5.62. The average molecular weight is 344 g/mol. The van der Waals surface area contributed by atoms with Crippen LogP contribution in [-0.2, 0) is 4.79 Å². The molecule has 0 N–H and O–H groups in total. The summed E-state index contributed by atoms with van der Waals surface area (Å²) in [5, 5.41) is 0. The molecule has 0 aromatic heterocycles. The minimum Gasteiger partial charge on any atom is -0.484 e. The quantitative estimate of drug-likeness (QED) is 0.820. The molecule has 0 spiro atoms. The first-order chi connectivity index (χ1) is 12.2. The molecule has 2 aliphatic heterocycles. The molecule has 0 aliphatic carbocycles. The molecule has 1 aromatic rings. The van der Waals surface area contributed by atoms with Gasteiger partial charge < -0.3 is 14.5 Å². The first kappa shape index (κ1) is 18.2. The van der Waals surface area contributed by atoms with E-state index in [4.69, 9.17) is 4.74 Å². The van der Waals surface area contributed by atoms with E-state index in [0.29, 0.717) is 0 Å². The number of nitrogens with zero attached hydrogens (tertiary/aromatic N) is 2. The summed E-state index contributed by atoms with van der Waals surface area (Å²) in [4.78, 5) is 17.1. The summed E-state index contributed by atoms with van der Waals surface area (Å²) in [6, 6.07) is 9.60. The molecule has 1 amide bonds. The van der Waals surface area contributed by atoms with Crippen molar-refractivity contribution in [2.24, 2.45) is 11.8 Å². The largest absolute Gasteiger partial charge is 0.484 e. The standard InChI is InChI=1S/C21H32N2O2/c1-18-9-13-22(14-10-18)16-19-6-5-12-23(15-11-19)21(24)17-25-20-7-3-2-4-8-20/h2-4,7-8,18-19H,5-6,9-17H2,1H3. The third-order valence-corrected chi connectivity index (χ3v) is 5.70. The Morgan fingerprint density at radius 3 is 2.56 bits per heavy atom. The minimum atomic E-state index is 0.122. The van der Waals surface area contributed by atoms with Gasteiger partial charge >= 0.3 is 0 Å². The van der Waals surface area contributed by atoms with Crippen LogP contribution < -0.4 is 4.74 Å². The fourth-order valence-electron chi connectivity index (χ4n) is 3.96. The molecule has 2 saturated heterocycles. The molecule has 2 aliphatic rings. The lowest BCUT2D eigenvalue weighted by molar-refractivity contribution is -0.133. The van der Waals surface area contributed by atoms with Gasteiger partial charge in [0.2, 0.25) is 0 Å². The second-order valence-electron chi connectivity index (χ2n) is 7.76. The van der Waals surface area contributed by atoms with Gasteiger partial charge in [0.15, 0.2) is 6.61 Å². The molecule has 0 bridgehead atoms. The molecular formula is C21H32N2O2. The van der Waals surface area contributed by atoms with Crippen molar-refractivity contribution in [2.75, 3.05) is 39.3 Å². The fourth-order valence-corrected chi connectivity index (χ4v) is 3.96. The van der Waals surface area contributed by atoms with Crippen molar-refractivity contribution in [3.05, 3.63) is 30.3 Å². The van der Waals surface area contributed by atoms with Crippen LogP contribution in [0.2, 0.25) is 0 Å². The molecule has 138 valence electrons. The van der Waals surface area contributed by atoms with Gasteiger partial charge in [-0.25, -0.2) is 0 Å². The zero-order valence-corrected chi connectivity index (χ0v) is 15.5. The summed E-state index contributed by atoms with van der Waals surface area (Å²) >= 11 is 0. The van der Waals surface area contributed by atoms with E-state index in [1.807, 2.05) is 35.2 Å². The lowest BCUT2D eigenvalue weighted by Gasteiger charge is -2.32. The molecule has 1 aromatic carbocycles. The van der Waals surface area contributed by atoms with E-state index in [-0.39, 0.29) is 12.5 Å². The highest BCUT2D eigenvalue weighted by Crippen LogP contribution is 2.22. The Balaban J connectivity index is 1.40. The average Bonchev–Trinajstić information content (AvgIpc) is 2.88. The highest BCUT2D eigenvalue weighted by Gasteiger charge is 2.24. The monoisotopic (exact) mass is 344 g/mol. The topological polar surface area (TPSA) is 32.8 Å². The molecular weight excluding hydrogens is 312 g/mol. The second-order valence-corrected chi connectivity index (χ2v) is 7.76. The van der Waals surface area contributed by atoms with Crippen LogP contribution in [0, 0.1) is 11.8 Å². The number of carbonyl (C=O) groups excluding carboxylic acids is 1. The zero-order chi connectivity index (χ0) is 17.5. The van der Waals surface area contributed by atoms with Crippen LogP contribution in [0.25, 0.3) is 0 Å². The number of para-hydroxylation sites is 1. The predicted octanol–water partition coefficient (Wildman–Crippen LogP) is 3.43. The Morgan fingerprint density at radius 1 is 1.04 bits per heavy atom. The first-order valence-corrected chi connectivity index (χ1v) is 9.88. The van der Waals surface area contributed by atoms with Crippen molar-refractivity contribution < 1.29 is 9.53 Å². The van der Waals surface area contributed by atoms with Gasteiger partial charge in [-0.3, -0.25) is 4.79 Å². The third-order valence-electron chi connectivity index (χ3n) is 5.70. The molecule has 2 heterocycles. The van der Waals surface area contributed by atoms with E-state index >= 15 is 0 Å². The second kappa shape index (κ2) is 9.23. The number of amides is 1. The van der Waals surface area contributed by atoms with Crippen molar-refractivity contribution in [1.29, 1.82) is 0 Å². The highest BCUT2D eigenvalue weighted by molar-refractivity contribution is 5.77. The van der Waals surface area contributed by atoms with Crippen molar-refractivity contribution in [1.82, 2.24) is 9.80 Å². The summed E-state index contributed by atoms with van der Waals surface area (Å²) in [5.74, 6) is 2.52. The highest BCUT2D eigenvalue weighted by atomic mass is 16.5. The SMILES string of the molecule is CC1CCN(CC2CCCN(C(=O)COc3ccccc3)CC2)CC1. The van der Waals surface area contributed by atoms with E-state index in [9.17, 15) is 4.79 Å². The Morgan fingerprint density at radius 2 is 1.80 bits per heavy atom. The maximum absolute atomic E-state index is 12.4. The number of hydrogen-bond acceptors (Lipinski definition) is 3. The Hall–Kier alpha value is -1.55. The van der Waals surface area contributed by atoms with E-state index in [1.54, 1.807) is 0 Å². The Bertz CT molecular complexity index is 526. The molecule has 3 rings (SSSR count). The summed E-state index contributed by atoms with van der Waals surface area (Å²) in [5.41, 5.74) is 0. The maximum Gasteiger partial charge on any atom is 0.260 e. The number of rotatable bonds is 5. The fraction of sp³-hybridized carbons (Fsp3) is 0.667. The van der Waals surface area contributed by atoms with E-state index < -0.39 is 0 Å². The Kier molecular flexibility index (Phi) is 6.74. The van der Waals surface area contributed by atoms with Gasteiger partial charge in [0.25, 0.3) is 5.91 Å². The van der Waals surface area contributed by atoms with Gasteiger partial charge in [-0.2, -0.15) is 0 Å². The van der Waals surface area contributed by atoms with Crippen LogP contribution in [-0.4, -0.2) is 55.0 Å². The van der Waals surface area contributed by atoms with Crippen molar-refractivity contribution in [3.63, 3.8) is 0 Å². The molecule has 0 saturated carbocycles. The summed E-state index contributed by atoms with van der Waals surface area (Å²) in [6.45, 7) is 8.00. The summed E-state index contributed by atoms with van der Waals surface area (Å²) in [7, 11) is 0. The molecule has 25 heavy (non-hydrogen) atoms. The van der Waals surface area contributed by atoms with Crippen LogP contribution in [0.3, 0.4) is 0 Å². The molecule has 1 unspecified atom stereocenters. The number of likely N-dealkylation sites (tertiary alicyclic amines) is 2. The normalized spacial score (nSPS) is 23.2. The minimum absolute atomic E-state index is 0.122. The van der Waals surface area contributed by atoms with Crippen molar-refractivity contribution >= 4 is 5.91 Å².